The van der Waals surface area contributed by atoms with Gasteiger partial charge in [0.2, 0.25) is 0 Å². The number of nitrogens with zero attached hydrogens (tertiary/aromatic N) is 1. The van der Waals surface area contributed by atoms with Crippen molar-refractivity contribution in [2.24, 2.45) is 4.99 Å². The number of rotatable bonds is 4. The molecule has 0 radical (unpaired) electrons. The number of fused-ring (bicyclic) bond motifs is 1. The van der Waals surface area contributed by atoms with E-state index in [-0.39, 0.29) is 17.3 Å². The highest BCUT2D eigenvalue weighted by molar-refractivity contribution is 9.10. The third-order valence-corrected chi connectivity index (χ3v) is 5.54. The molecule has 0 aromatic heterocycles. The van der Waals surface area contributed by atoms with Crippen LogP contribution >= 0.6 is 15.9 Å². The molecule has 1 amide bonds. The van der Waals surface area contributed by atoms with Gasteiger partial charge >= 0.3 is 0 Å². The number of aliphatic imine (C=N–C) groups is 1. The molecule has 0 fully saturated rings. The van der Waals surface area contributed by atoms with Gasteiger partial charge in [0.25, 0.3) is 15.9 Å². The number of sulfonamides is 1. The second kappa shape index (κ2) is 6.74. The number of benzene rings is 2. The van der Waals surface area contributed by atoms with Crippen LogP contribution in [0.3, 0.4) is 0 Å². The zero-order valence-corrected chi connectivity index (χ0v) is 14.9. The van der Waals surface area contributed by atoms with Crippen LogP contribution in [-0.4, -0.2) is 33.3 Å². The van der Waals surface area contributed by atoms with E-state index in [0.717, 1.165) is 0 Å². The van der Waals surface area contributed by atoms with Crippen molar-refractivity contribution < 1.29 is 13.2 Å². The summed E-state index contributed by atoms with van der Waals surface area (Å²) in [6, 6.07) is 13.8. The molecule has 0 saturated heterocycles. The van der Waals surface area contributed by atoms with Crippen LogP contribution in [-0.2, 0) is 10.0 Å². The third-order valence-electron chi connectivity index (χ3n) is 3.45. The highest BCUT2D eigenvalue weighted by atomic mass is 79.9. The lowest BCUT2D eigenvalue weighted by molar-refractivity contribution is 0.0954. The first-order valence-electron chi connectivity index (χ1n) is 7.18. The smallest absolute Gasteiger partial charge is 0.263 e. The van der Waals surface area contributed by atoms with Gasteiger partial charge in [-0.1, -0.05) is 24.3 Å². The van der Waals surface area contributed by atoms with Crippen LogP contribution in [0.4, 0.5) is 0 Å². The summed E-state index contributed by atoms with van der Waals surface area (Å²) in [5.74, 6) is 0.0934. The summed E-state index contributed by atoms with van der Waals surface area (Å²) in [6.45, 7) is 0.565. The Morgan fingerprint density at radius 1 is 1.12 bits per heavy atom. The molecule has 6 nitrogen and oxygen atoms in total. The topological polar surface area (TPSA) is 87.6 Å². The largest absolute Gasteiger partial charge is 0.350 e. The maximum absolute atomic E-state index is 12.1. The highest BCUT2D eigenvalue weighted by Gasteiger charge is 2.29. The molecule has 0 aliphatic carbocycles. The van der Waals surface area contributed by atoms with Gasteiger partial charge in [-0.05, 0) is 40.2 Å². The Bertz CT molecular complexity index is 926. The molecule has 0 spiro atoms. The molecule has 8 heteroatoms. The Hall–Kier alpha value is -2.19. The van der Waals surface area contributed by atoms with Gasteiger partial charge in [0.1, 0.15) is 5.84 Å². The predicted octanol–water partition coefficient (Wildman–Crippen LogP) is 1.92. The lowest BCUT2D eigenvalue weighted by Crippen LogP contribution is -2.28. The Morgan fingerprint density at radius 2 is 1.83 bits per heavy atom. The average molecular weight is 408 g/mol. The van der Waals surface area contributed by atoms with Crippen molar-refractivity contribution in [1.82, 2.24) is 10.0 Å². The number of nitrogens with one attached hydrogen (secondary N) is 2. The molecule has 24 heavy (non-hydrogen) atoms. The number of carbonyl (C=O) groups excluding carboxylic acids is 1. The number of amides is 1. The van der Waals surface area contributed by atoms with Crippen LogP contribution in [0.15, 0.2) is 62.9 Å². The highest BCUT2D eigenvalue weighted by Crippen LogP contribution is 2.22. The summed E-state index contributed by atoms with van der Waals surface area (Å²) in [4.78, 5) is 16.5. The van der Waals surface area contributed by atoms with E-state index in [1.807, 2.05) is 6.07 Å². The van der Waals surface area contributed by atoms with Gasteiger partial charge in [-0.3, -0.25) is 14.5 Å². The fourth-order valence-corrected chi connectivity index (χ4v) is 4.04. The minimum atomic E-state index is -3.53. The molecular formula is C16H14BrN3O3S. The summed E-state index contributed by atoms with van der Waals surface area (Å²) in [6.07, 6.45) is 0. The predicted molar refractivity (Wildman–Crippen MR) is 94.6 cm³/mol. The maximum atomic E-state index is 12.1. The lowest BCUT2D eigenvalue weighted by atomic mass is 10.2. The van der Waals surface area contributed by atoms with Crippen LogP contribution < -0.4 is 10.0 Å². The van der Waals surface area contributed by atoms with Crippen molar-refractivity contribution in [3.8, 4) is 0 Å². The molecule has 2 aromatic rings. The van der Waals surface area contributed by atoms with Gasteiger partial charge in [-0.2, -0.15) is 0 Å². The third kappa shape index (κ3) is 3.34. The lowest BCUT2D eigenvalue weighted by Gasteiger charge is -2.05. The quantitative estimate of drug-likeness (QED) is 0.758. The van der Waals surface area contributed by atoms with Crippen molar-refractivity contribution in [2.75, 3.05) is 13.1 Å². The van der Waals surface area contributed by atoms with Gasteiger partial charge in [-0.25, -0.2) is 8.42 Å². The summed E-state index contributed by atoms with van der Waals surface area (Å²) in [5, 5.41) is 2.76. The summed E-state index contributed by atoms with van der Waals surface area (Å²) in [5.41, 5.74) is 1.09. The zero-order valence-electron chi connectivity index (χ0n) is 12.5. The zero-order chi connectivity index (χ0) is 17.2. The number of hydrogen-bond donors (Lipinski definition) is 2. The fourth-order valence-electron chi connectivity index (χ4n) is 2.33. The molecule has 0 unspecified atom stereocenters. The molecule has 2 aromatic carbocycles. The van der Waals surface area contributed by atoms with Crippen LogP contribution in [0.25, 0.3) is 0 Å². The normalized spacial score (nSPS) is 16.5. The summed E-state index contributed by atoms with van der Waals surface area (Å²) in [7, 11) is -3.53. The molecule has 124 valence electrons. The molecule has 1 aliphatic rings. The second-order valence-corrected chi connectivity index (χ2v) is 7.57. The molecule has 0 bridgehead atoms. The first kappa shape index (κ1) is 16.7. The van der Waals surface area contributed by atoms with E-state index in [9.17, 15) is 13.2 Å². The van der Waals surface area contributed by atoms with E-state index in [1.54, 1.807) is 36.4 Å². The van der Waals surface area contributed by atoms with E-state index >= 15 is 0 Å². The van der Waals surface area contributed by atoms with E-state index in [1.165, 1.54) is 6.07 Å². The molecule has 1 heterocycles. The van der Waals surface area contributed by atoms with E-state index in [0.29, 0.717) is 28.0 Å². The van der Waals surface area contributed by atoms with Crippen LogP contribution in [0.5, 0.6) is 0 Å². The van der Waals surface area contributed by atoms with E-state index in [2.05, 4.69) is 31.0 Å². The Balaban J connectivity index is 1.64. The Kier molecular flexibility index (Phi) is 4.68. The molecular weight excluding hydrogens is 394 g/mol. The van der Waals surface area contributed by atoms with Crippen LogP contribution in [0.2, 0.25) is 0 Å². The average Bonchev–Trinajstić information content (AvgIpc) is 2.83. The van der Waals surface area contributed by atoms with Crippen molar-refractivity contribution in [1.29, 1.82) is 0 Å². The molecule has 0 atom stereocenters. The van der Waals surface area contributed by atoms with Crippen molar-refractivity contribution in [2.45, 2.75) is 4.90 Å². The van der Waals surface area contributed by atoms with Gasteiger partial charge < -0.3 is 5.32 Å². The van der Waals surface area contributed by atoms with E-state index in [4.69, 9.17) is 0 Å². The summed E-state index contributed by atoms with van der Waals surface area (Å²) < 4.78 is 27.1. The van der Waals surface area contributed by atoms with Crippen molar-refractivity contribution in [3.63, 3.8) is 0 Å². The maximum Gasteiger partial charge on any atom is 0.263 e. The number of halogens is 1. The van der Waals surface area contributed by atoms with E-state index < -0.39 is 10.0 Å². The minimum Gasteiger partial charge on any atom is -0.350 e. The van der Waals surface area contributed by atoms with Crippen molar-refractivity contribution in [3.05, 3.63) is 64.1 Å². The first-order chi connectivity index (χ1) is 11.5. The second-order valence-electron chi connectivity index (χ2n) is 5.07. The van der Waals surface area contributed by atoms with Crippen LogP contribution in [0, 0.1) is 0 Å². The summed E-state index contributed by atoms with van der Waals surface area (Å²) >= 11 is 3.33. The van der Waals surface area contributed by atoms with Gasteiger partial charge in [-0.15, -0.1) is 0 Å². The van der Waals surface area contributed by atoms with Gasteiger partial charge in [0.15, 0.2) is 0 Å². The molecule has 0 saturated carbocycles. The molecule has 1 aliphatic heterocycles. The number of amidine groups is 1. The standard InChI is InChI=1S/C16H14BrN3O3S/c17-13-7-3-1-5-11(13)16(21)19-10-9-18-15-12-6-2-4-8-14(12)24(22,23)20-15/h1-8H,9-10H2,(H,18,20)(H,19,21). The fraction of sp³-hybridized carbons (Fsp3) is 0.125. The molecule has 3 rings (SSSR count). The first-order valence-corrected chi connectivity index (χ1v) is 9.46. The minimum absolute atomic E-state index is 0.213. The SMILES string of the molecule is O=C(NCCN=C1NS(=O)(=O)c2ccccc21)c1ccccc1Br. The Morgan fingerprint density at radius 3 is 2.62 bits per heavy atom. The number of hydrogen-bond acceptors (Lipinski definition) is 4. The van der Waals surface area contributed by atoms with Gasteiger partial charge in [0.05, 0.1) is 17.0 Å². The number of carbonyl (C=O) groups is 1. The molecule has 2 N–H and O–H groups in total. The monoisotopic (exact) mass is 407 g/mol. The van der Waals surface area contributed by atoms with Gasteiger partial charge in [0, 0.05) is 16.6 Å². The Labute approximate surface area is 148 Å². The van der Waals surface area contributed by atoms with Crippen molar-refractivity contribution >= 4 is 37.7 Å². The van der Waals surface area contributed by atoms with Crippen LogP contribution in [0.1, 0.15) is 15.9 Å².